The average molecular weight is 519 g/mol. The first-order valence-electron chi connectivity index (χ1n) is 13.8. The van der Waals surface area contributed by atoms with Gasteiger partial charge in [-0.3, -0.25) is 9.98 Å². The van der Waals surface area contributed by atoms with Crippen LogP contribution in [0.2, 0.25) is 0 Å². The van der Waals surface area contributed by atoms with Gasteiger partial charge in [0.2, 0.25) is 0 Å². The summed E-state index contributed by atoms with van der Waals surface area (Å²) in [4.78, 5) is 10.4. The van der Waals surface area contributed by atoms with Gasteiger partial charge in [-0.25, -0.2) is 0 Å². The maximum absolute atomic E-state index is 5.18. The Morgan fingerprint density at radius 2 is 0.650 bits per heavy atom. The predicted octanol–water partition coefficient (Wildman–Crippen LogP) is 7.35. The van der Waals surface area contributed by atoms with Crippen LogP contribution in [0.25, 0.3) is 0 Å². The van der Waals surface area contributed by atoms with Crippen molar-refractivity contribution in [2.24, 2.45) is 9.98 Å². The molecule has 0 saturated heterocycles. The Labute approximate surface area is 235 Å². The molecule has 0 unspecified atom stereocenters. The molecule has 4 heteroatoms. The van der Waals surface area contributed by atoms with Crippen LogP contribution in [0.5, 0.6) is 0 Å². The van der Waals surface area contributed by atoms with Gasteiger partial charge in [-0.1, -0.05) is 146 Å². The first-order chi connectivity index (χ1) is 19.8. The van der Waals surface area contributed by atoms with E-state index in [1.165, 1.54) is 22.3 Å². The van der Waals surface area contributed by atoms with Crippen molar-refractivity contribution < 1.29 is 0 Å². The molecule has 0 saturated carbocycles. The van der Waals surface area contributed by atoms with Crippen molar-refractivity contribution in [1.29, 1.82) is 0 Å². The molecule has 40 heavy (non-hydrogen) atoms. The van der Waals surface area contributed by atoms with E-state index in [0.717, 1.165) is 22.8 Å². The average Bonchev–Trinajstić information content (AvgIpc) is 3.69. The molecule has 0 amide bonds. The zero-order valence-electron chi connectivity index (χ0n) is 22.1. The summed E-state index contributed by atoms with van der Waals surface area (Å²) in [5, 5.41) is 7.44. The predicted molar refractivity (Wildman–Crippen MR) is 163 cm³/mol. The lowest BCUT2D eigenvalue weighted by Gasteiger charge is -2.20. The molecular formula is C36H30N4. The molecule has 7 rings (SSSR count). The molecule has 0 aromatic heterocycles. The van der Waals surface area contributed by atoms with Crippen LogP contribution < -0.4 is 10.6 Å². The van der Waals surface area contributed by atoms with Crippen molar-refractivity contribution in [3.8, 4) is 0 Å². The molecule has 5 aromatic carbocycles. The number of benzene rings is 5. The molecule has 2 aliphatic rings. The van der Waals surface area contributed by atoms with Crippen LogP contribution in [0.15, 0.2) is 156 Å². The van der Waals surface area contributed by atoms with Crippen LogP contribution in [0.1, 0.15) is 57.5 Å². The lowest BCUT2D eigenvalue weighted by Crippen LogP contribution is -2.26. The van der Waals surface area contributed by atoms with Gasteiger partial charge >= 0.3 is 0 Å². The SMILES string of the molecule is c1ccc([C@@H]2N=C(c3ccc(C4=N[C@@H](c5ccccc5)[C@H](c5ccccc5)N4)cc3)N[C@H]2c2ccccc2)cc1. The summed E-state index contributed by atoms with van der Waals surface area (Å²) >= 11 is 0. The van der Waals surface area contributed by atoms with Crippen molar-refractivity contribution in [3.05, 3.63) is 179 Å². The number of nitrogens with zero attached hydrogens (tertiary/aromatic N) is 2. The molecule has 0 fully saturated rings. The first-order valence-corrected chi connectivity index (χ1v) is 13.8. The highest BCUT2D eigenvalue weighted by Crippen LogP contribution is 2.38. The topological polar surface area (TPSA) is 48.8 Å². The Kier molecular flexibility index (Phi) is 6.42. The van der Waals surface area contributed by atoms with E-state index in [-0.39, 0.29) is 24.2 Å². The van der Waals surface area contributed by atoms with Crippen molar-refractivity contribution in [2.75, 3.05) is 0 Å². The standard InChI is InChI=1S/C36H30N4/c1-5-13-25(14-6-1)31-32(26-15-7-2-8-16-26)38-35(37-31)29-21-23-30(24-22-29)36-39-33(27-17-9-3-10-18-27)34(40-36)28-19-11-4-12-20-28/h1-24,31-34H,(H,37,38)(H,39,40)/t31-,32-,33-,34-/m0/s1. The van der Waals surface area contributed by atoms with E-state index in [1.54, 1.807) is 0 Å². The number of aliphatic imine (C=N–C) groups is 2. The van der Waals surface area contributed by atoms with Crippen LogP contribution in [0.4, 0.5) is 0 Å². The van der Waals surface area contributed by atoms with Crippen LogP contribution >= 0.6 is 0 Å². The molecule has 2 aliphatic heterocycles. The Bertz CT molecular complexity index is 1500. The smallest absolute Gasteiger partial charge is 0.129 e. The van der Waals surface area contributed by atoms with Gasteiger partial charge in [0.05, 0.1) is 12.1 Å². The molecule has 0 radical (unpaired) electrons. The first kappa shape index (κ1) is 24.1. The van der Waals surface area contributed by atoms with E-state index in [1.807, 2.05) is 0 Å². The van der Waals surface area contributed by atoms with E-state index < -0.39 is 0 Å². The molecule has 0 bridgehead atoms. The Balaban J connectivity index is 1.18. The van der Waals surface area contributed by atoms with Crippen molar-refractivity contribution in [3.63, 3.8) is 0 Å². The molecule has 5 aromatic rings. The highest BCUT2D eigenvalue weighted by atomic mass is 15.1. The molecule has 0 aliphatic carbocycles. The van der Waals surface area contributed by atoms with Crippen LogP contribution in [0.3, 0.4) is 0 Å². The number of hydrogen-bond donors (Lipinski definition) is 2. The van der Waals surface area contributed by atoms with Gasteiger partial charge in [0.25, 0.3) is 0 Å². The monoisotopic (exact) mass is 518 g/mol. The summed E-state index contributed by atoms with van der Waals surface area (Å²) in [5.74, 6) is 1.83. The second-order valence-electron chi connectivity index (χ2n) is 10.3. The van der Waals surface area contributed by atoms with E-state index in [0.29, 0.717) is 0 Å². The van der Waals surface area contributed by atoms with Gasteiger partial charge in [0, 0.05) is 11.1 Å². The maximum Gasteiger partial charge on any atom is 0.129 e. The number of amidine groups is 2. The van der Waals surface area contributed by atoms with Crippen molar-refractivity contribution >= 4 is 11.7 Å². The van der Waals surface area contributed by atoms with Crippen molar-refractivity contribution in [1.82, 2.24) is 10.6 Å². The van der Waals surface area contributed by atoms with Gasteiger partial charge in [0.1, 0.15) is 23.8 Å². The van der Waals surface area contributed by atoms with E-state index in [2.05, 4.69) is 156 Å². The van der Waals surface area contributed by atoms with Gasteiger partial charge in [0.15, 0.2) is 0 Å². The molecule has 194 valence electrons. The lowest BCUT2D eigenvalue weighted by atomic mass is 9.95. The van der Waals surface area contributed by atoms with Gasteiger partial charge in [-0.05, 0) is 22.3 Å². The van der Waals surface area contributed by atoms with E-state index in [9.17, 15) is 0 Å². The minimum atomic E-state index is 0.0115. The third kappa shape index (κ3) is 4.69. The van der Waals surface area contributed by atoms with Gasteiger partial charge in [-0.15, -0.1) is 0 Å². The quantitative estimate of drug-likeness (QED) is 0.247. The van der Waals surface area contributed by atoms with E-state index in [4.69, 9.17) is 9.98 Å². The lowest BCUT2D eigenvalue weighted by molar-refractivity contribution is 0.572. The van der Waals surface area contributed by atoms with Crippen LogP contribution in [-0.4, -0.2) is 11.7 Å². The van der Waals surface area contributed by atoms with Gasteiger partial charge < -0.3 is 10.6 Å². The fourth-order valence-corrected chi connectivity index (χ4v) is 5.74. The highest BCUT2D eigenvalue weighted by Gasteiger charge is 2.33. The summed E-state index contributed by atoms with van der Waals surface area (Å²) in [6, 6.07) is 51.0. The van der Waals surface area contributed by atoms with Gasteiger partial charge in [-0.2, -0.15) is 0 Å². The molecule has 2 heterocycles. The molecule has 2 N–H and O–H groups in total. The molecular weight excluding hydrogens is 488 g/mol. The second-order valence-corrected chi connectivity index (χ2v) is 10.3. The summed E-state index contributed by atoms with van der Waals surface area (Å²) in [7, 11) is 0. The van der Waals surface area contributed by atoms with Crippen molar-refractivity contribution in [2.45, 2.75) is 24.2 Å². The minimum Gasteiger partial charge on any atom is -0.361 e. The van der Waals surface area contributed by atoms with Crippen LogP contribution in [-0.2, 0) is 0 Å². The number of hydrogen-bond acceptors (Lipinski definition) is 4. The Morgan fingerprint density at radius 1 is 0.350 bits per heavy atom. The zero-order chi connectivity index (χ0) is 26.7. The normalized spacial score (nSPS) is 21.7. The number of rotatable bonds is 6. The minimum absolute atomic E-state index is 0.0115. The summed E-state index contributed by atoms with van der Waals surface area (Å²) < 4.78 is 0. The maximum atomic E-state index is 5.18. The van der Waals surface area contributed by atoms with E-state index >= 15 is 0 Å². The molecule has 4 nitrogen and oxygen atoms in total. The van der Waals surface area contributed by atoms with Crippen LogP contribution in [0, 0.1) is 0 Å². The summed E-state index contributed by atoms with van der Waals surface area (Å²) in [5.41, 5.74) is 7.02. The summed E-state index contributed by atoms with van der Waals surface area (Å²) in [6.45, 7) is 0. The third-order valence-corrected chi connectivity index (χ3v) is 7.78. The Hall–Kier alpha value is -4.96. The Morgan fingerprint density at radius 3 is 0.975 bits per heavy atom. The largest absolute Gasteiger partial charge is 0.361 e. The fraction of sp³-hybridized carbons (Fsp3) is 0.111. The number of nitrogens with one attached hydrogen (secondary N) is 2. The second kappa shape index (κ2) is 10.7. The summed E-state index contributed by atoms with van der Waals surface area (Å²) in [6.07, 6.45) is 0. The fourth-order valence-electron chi connectivity index (χ4n) is 5.74. The highest BCUT2D eigenvalue weighted by molar-refractivity contribution is 6.03. The molecule has 4 atom stereocenters. The molecule has 0 spiro atoms. The zero-order valence-corrected chi connectivity index (χ0v) is 22.1. The third-order valence-electron chi connectivity index (χ3n) is 7.78.